The molecular weight excluding hydrogens is 118 g/mol. The standard InChI is InChI=1S/C6H13NS/c1-5(2)7-4-6(3)8/h4-6,8H,1-3H3. The highest BCUT2D eigenvalue weighted by Crippen LogP contribution is 1.89. The minimum atomic E-state index is 0.289. The lowest BCUT2D eigenvalue weighted by Gasteiger charge is -1.95. The molecule has 0 N–H and O–H groups in total. The van der Waals surface area contributed by atoms with Crippen molar-refractivity contribution in [3.05, 3.63) is 0 Å². The molecule has 1 atom stereocenters. The highest BCUT2D eigenvalue weighted by atomic mass is 32.1. The van der Waals surface area contributed by atoms with Crippen molar-refractivity contribution in [2.24, 2.45) is 4.99 Å². The van der Waals surface area contributed by atoms with Gasteiger partial charge in [-0.3, -0.25) is 4.99 Å². The van der Waals surface area contributed by atoms with Crippen molar-refractivity contribution in [3.63, 3.8) is 0 Å². The lowest BCUT2D eigenvalue weighted by atomic mass is 10.4. The fourth-order valence-electron chi connectivity index (χ4n) is 0.297. The van der Waals surface area contributed by atoms with Crippen LogP contribution in [0.25, 0.3) is 0 Å². The summed E-state index contributed by atoms with van der Waals surface area (Å²) in [6.07, 6.45) is 1.85. The molecule has 0 aliphatic heterocycles. The van der Waals surface area contributed by atoms with Gasteiger partial charge in [0.25, 0.3) is 0 Å². The van der Waals surface area contributed by atoms with Gasteiger partial charge in [-0.05, 0) is 20.8 Å². The third-order valence-corrected chi connectivity index (χ3v) is 0.733. The molecule has 0 saturated heterocycles. The Morgan fingerprint density at radius 2 is 1.88 bits per heavy atom. The molecule has 0 radical (unpaired) electrons. The number of thiol groups is 1. The molecule has 0 bridgehead atoms. The molecule has 1 unspecified atom stereocenters. The molecule has 0 fully saturated rings. The maximum atomic E-state index is 4.12. The third kappa shape index (κ3) is 6.02. The van der Waals surface area contributed by atoms with Gasteiger partial charge in [0.1, 0.15) is 0 Å². The summed E-state index contributed by atoms with van der Waals surface area (Å²) in [7, 11) is 0. The second kappa shape index (κ2) is 3.96. The van der Waals surface area contributed by atoms with Crippen LogP contribution in [0.1, 0.15) is 20.8 Å². The zero-order valence-corrected chi connectivity index (χ0v) is 6.52. The Kier molecular flexibility index (Phi) is 3.97. The second-order valence-corrected chi connectivity index (χ2v) is 2.95. The van der Waals surface area contributed by atoms with Crippen molar-refractivity contribution < 1.29 is 0 Å². The molecule has 0 rings (SSSR count). The average molecular weight is 131 g/mol. The first-order valence-corrected chi connectivity index (χ1v) is 3.36. The van der Waals surface area contributed by atoms with E-state index in [0.29, 0.717) is 6.04 Å². The smallest absolute Gasteiger partial charge is 0.0439 e. The number of hydrogen-bond donors (Lipinski definition) is 1. The largest absolute Gasteiger partial charge is 0.294 e. The van der Waals surface area contributed by atoms with Gasteiger partial charge in [-0.1, -0.05) is 0 Å². The summed E-state index contributed by atoms with van der Waals surface area (Å²) in [5.41, 5.74) is 0. The van der Waals surface area contributed by atoms with Crippen LogP contribution in [0.5, 0.6) is 0 Å². The molecule has 2 heteroatoms. The number of hydrogen-bond acceptors (Lipinski definition) is 2. The SMILES string of the molecule is CC(S)C=NC(C)C. The molecule has 8 heavy (non-hydrogen) atoms. The summed E-state index contributed by atoms with van der Waals surface area (Å²) >= 11 is 4.12. The zero-order chi connectivity index (χ0) is 6.57. The van der Waals surface area contributed by atoms with Crippen LogP contribution in [-0.2, 0) is 0 Å². The lowest BCUT2D eigenvalue weighted by molar-refractivity contribution is 0.838. The quantitative estimate of drug-likeness (QED) is 0.433. The first-order chi connectivity index (χ1) is 3.63. The van der Waals surface area contributed by atoms with Crippen molar-refractivity contribution in [3.8, 4) is 0 Å². The Morgan fingerprint density at radius 1 is 1.38 bits per heavy atom. The van der Waals surface area contributed by atoms with Crippen LogP contribution in [0.3, 0.4) is 0 Å². The summed E-state index contributed by atoms with van der Waals surface area (Å²) in [6.45, 7) is 6.09. The van der Waals surface area contributed by atoms with Gasteiger partial charge in [-0.15, -0.1) is 0 Å². The van der Waals surface area contributed by atoms with Crippen LogP contribution >= 0.6 is 12.6 Å². The Labute approximate surface area is 56.6 Å². The van der Waals surface area contributed by atoms with Crippen LogP contribution in [0, 0.1) is 0 Å². The van der Waals surface area contributed by atoms with Gasteiger partial charge in [0.05, 0.1) is 0 Å². The van der Waals surface area contributed by atoms with Gasteiger partial charge < -0.3 is 0 Å². The zero-order valence-electron chi connectivity index (χ0n) is 5.63. The van der Waals surface area contributed by atoms with Crippen molar-refractivity contribution in [1.29, 1.82) is 0 Å². The van der Waals surface area contributed by atoms with Crippen LogP contribution in [0.4, 0.5) is 0 Å². The van der Waals surface area contributed by atoms with Crippen molar-refractivity contribution in [1.82, 2.24) is 0 Å². The first-order valence-electron chi connectivity index (χ1n) is 2.84. The molecule has 0 spiro atoms. The van der Waals surface area contributed by atoms with E-state index in [4.69, 9.17) is 0 Å². The number of rotatable bonds is 2. The molecule has 0 amide bonds. The van der Waals surface area contributed by atoms with Gasteiger partial charge in [-0.2, -0.15) is 12.6 Å². The highest BCUT2D eigenvalue weighted by molar-refractivity contribution is 7.81. The maximum Gasteiger partial charge on any atom is 0.0439 e. The Hall–Kier alpha value is 0.0200. The van der Waals surface area contributed by atoms with E-state index >= 15 is 0 Å². The fraction of sp³-hybridized carbons (Fsp3) is 0.833. The van der Waals surface area contributed by atoms with Gasteiger partial charge in [-0.25, -0.2) is 0 Å². The maximum absolute atomic E-state index is 4.12. The van der Waals surface area contributed by atoms with Crippen LogP contribution < -0.4 is 0 Å². The fourth-order valence-corrected chi connectivity index (χ4v) is 0.374. The lowest BCUT2D eigenvalue weighted by Crippen LogP contribution is -1.96. The molecule has 0 aliphatic carbocycles. The summed E-state index contributed by atoms with van der Waals surface area (Å²) in [5, 5.41) is 0.289. The van der Waals surface area contributed by atoms with E-state index in [2.05, 4.69) is 17.6 Å². The van der Waals surface area contributed by atoms with E-state index in [-0.39, 0.29) is 5.25 Å². The predicted octanol–water partition coefficient (Wildman–Crippen LogP) is 1.78. The molecule has 0 aromatic heterocycles. The summed E-state index contributed by atoms with van der Waals surface area (Å²) < 4.78 is 0. The van der Waals surface area contributed by atoms with Gasteiger partial charge in [0.15, 0.2) is 0 Å². The topological polar surface area (TPSA) is 12.4 Å². The van der Waals surface area contributed by atoms with E-state index < -0.39 is 0 Å². The molecule has 0 heterocycles. The summed E-state index contributed by atoms with van der Waals surface area (Å²) in [6, 6.07) is 0.407. The summed E-state index contributed by atoms with van der Waals surface area (Å²) in [5.74, 6) is 0. The average Bonchev–Trinajstić information content (AvgIpc) is 1.61. The molecule has 1 nitrogen and oxygen atoms in total. The second-order valence-electron chi connectivity index (χ2n) is 2.13. The van der Waals surface area contributed by atoms with Gasteiger partial charge in [0, 0.05) is 17.5 Å². The van der Waals surface area contributed by atoms with E-state index in [0.717, 1.165) is 0 Å². The Morgan fingerprint density at radius 3 is 2.00 bits per heavy atom. The number of aliphatic imine (C=N–C) groups is 1. The van der Waals surface area contributed by atoms with Crippen LogP contribution in [-0.4, -0.2) is 17.5 Å². The van der Waals surface area contributed by atoms with Crippen molar-refractivity contribution in [2.45, 2.75) is 32.1 Å². The van der Waals surface area contributed by atoms with E-state index in [1.54, 1.807) is 0 Å². The minimum absolute atomic E-state index is 0.289. The van der Waals surface area contributed by atoms with Crippen LogP contribution in [0.2, 0.25) is 0 Å². The van der Waals surface area contributed by atoms with Crippen LogP contribution in [0.15, 0.2) is 4.99 Å². The van der Waals surface area contributed by atoms with Crippen molar-refractivity contribution >= 4 is 18.8 Å². The Balaban J connectivity index is 3.34. The molecular formula is C6H13NS. The first kappa shape index (κ1) is 8.02. The van der Waals surface area contributed by atoms with Crippen molar-refractivity contribution in [2.75, 3.05) is 0 Å². The Bertz CT molecular complexity index is 66.6. The predicted molar refractivity (Wildman–Crippen MR) is 42.1 cm³/mol. The minimum Gasteiger partial charge on any atom is -0.294 e. The molecule has 0 saturated carbocycles. The van der Waals surface area contributed by atoms with Gasteiger partial charge >= 0.3 is 0 Å². The summed E-state index contributed by atoms with van der Waals surface area (Å²) in [4.78, 5) is 4.12. The third-order valence-electron chi connectivity index (χ3n) is 0.600. The number of nitrogens with zero attached hydrogens (tertiary/aromatic N) is 1. The monoisotopic (exact) mass is 131 g/mol. The van der Waals surface area contributed by atoms with Gasteiger partial charge in [0.2, 0.25) is 0 Å². The molecule has 0 aliphatic rings. The van der Waals surface area contributed by atoms with E-state index in [9.17, 15) is 0 Å². The molecule has 0 aromatic carbocycles. The van der Waals surface area contributed by atoms with E-state index in [1.165, 1.54) is 0 Å². The molecule has 0 aromatic rings. The van der Waals surface area contributed by atoms with E-state index in [1.807, 2.05) is 27.0 Å². The highest BCUT2D eigenvalue weighted by Gasteiger charge is 1.86. The normalized spacial score (nSPS) is 15.6. The molecule has 48 valence electrons.